The zero-order valence-corrected chi connectivity index (χ0v) is 35.9. The van der Waals surface area contributed by atoms with E-state index in [2.05, 4.69) is 120 Å². The van der Waals surface area contributed by atoms with Gasteiger partial charge in [-0.2, -0.15) is 0 Å². The molecule has 0 aromatic heterocycles. The van der Waals surface area contributed by atoms with E-state index in [1.54, 1.807) is 5.57 Å². The fraction of sp³-hybridized carbons (Fsp3) is 0.780. The topological polar surface area (TPSA) is 54.0 Å². The molecule has 0 heterocycles. The van der Waals surface area contributed by atoms with E-state index < -0.39 is 28.0 Å². The van der Waals surface area contributed by atoms with Crippen molar-refractivity contribution in [2.75, 3.05) is 6.61 Å². The Kier molecular flexibility index (Phi) is 12.4. The monoisotopic (exact) mass is 700 g/mol. The maximum atomic E-state index is 13.4. The third kappa shape index (κ3) is 8.96. The zero-order valence-electron chi connectivity index (χ0n) is 33.9. The highest BCUT2D eigenvalue weighted by Crippen LogP contribution is 2.56. The maximum absolute atomic E-state index is 13.4. The Bertz CT molecular complexity index is 1290. The Morgan fingerprint density at radius 2 is 1.62 bits per heavy atom. The Morgan fingerprint density at radius 1 is 1.02 bits per heavy atom. The van der Waals surface area contributed by atoms with Crippen LogP contribution in [0.25, 0.3) is 0 Å². The van der Waals surface area contributed by atoms with Crippen LogP contribution in [0.4, 0.5) is 0 Å². The third-order valence-corrected chi connectivity index (χ3v) is 22.0. The minimum atomic E-state index is -2.37. The number of hydrogen-bond acceptors (Lipinski definition) is 5. The summed E-state index contributed by atoms with van der Waals surface area (Å²) in [7, 11) is -4.58. The molecule has 2 saturated carbocycles. The van der Waals surface area contributed by atoms with Gasteiger partial charge < -0.3 is 18.3 Å². The number of fused-ring (bicyclic) bond motifs is 1. The van der Waals surface area contributed by atoms with Gasteiger partial charge in [0.25, 0.3) is 0 Å². The van der Waals surface area contributed by atoms with Crippen LogP contribution in [0.2, 0.25) is 36.3 Å². The van der Waals surface area contributed by atoms with E-state index in [1.165, 1.54) is 18.4 Å². The number of carbonyl (C=O) groups is 1. The molecule has 0 N–H and O–H groups in total. The van der Waals surface area contributed by atoms with E-state index >= 15 is 0 Å². The highest BCUT2D eigenvalue weighted by molar-refractivity contribution is 6.74. The van der Waals surface area contributed by atoms with Crippen LogP contribution in [-0.4, -0.2) is 46.7 Å². The standard InChI is InChI=1S/C41H72O5Si2/c1-18-33-23-24-34-31(20-19-25-40(33,34)13)21-22-32-26-41(46-48(16,17)38(8,9)10,43-28-36(42)44-39(11,12)29(2)3)27-35(30(32)4)45-47(14,15)37(5,6)7/h21-23,29,34-35H,4,18-20,24-28H2,1-3,5-17H3/t34-,35?,40+,41-/m0/s1. The zero-order chi connectivity index (χ0) is 36.7. The van der Waals surface area contributed by atoms with Gasteiger partial charge in [0, 0.05) is 12.8 Å². The van der Waals surface area contributed by atoms with Gasteiger partial charge in [-0.3, -0.25) is 0 Å². The summed E-state index contributed by atoms with van der Waals surface area (Å²) in [5.41, 5.74) is 4.93. The molecular weight excluding hydrogens is 629 g/mol. The summed E-state index contributed by atoms with van der Waals surface area (Å²) in [6.07, 6.45) is 13.8. The van der Waals surface area contributed by atoms with E-state index in [9.17, 15) is 4.79 Å². The largest absolute Gasteiger partial charge is 0.458 e. The molecule has 4 atom stereocenters. The third-order valence-electron chi connectivity index (χ3n) is 13.1. The van der Waals surface area contributed by atoms with E-state index in [-0.39, 0.29) is 40.1 Å². The summed E-state index contributed by atoms with van der Waals surface area (Å²) in [5, 5.41) is -0.0375. The molecule has 0 aliphatic heterocycles. The Labute approximate surface area is 297 Å². The molecule has 0 bridgehead atoms. The van der Waals surface area contributed by atoms with Crippen LogP contribution in [-0.2, 0) is 23.1 Å². The molecule has 0 amide bonds. The van der Waals surface area contributed by atoms with Crippen LogP contribution in [0, 0.1) is 17.3 Å². The fourth-order valence-corrected chi connectivity index (χ4v) is 9.77. The van der Waals surface area contributed by atoms with E-state index in [1.807, 2.05) is 13.8 Å². The second kappa shape index (κ2) is 14.4. The number of rotatable bonds is 11. The highest BCUT2D eigenvalue weighted by atomic mass is 28.4. The van der Waals surface area contributed by atoms with Crippen molar-refractivity contribution in [3.8, 4) is 0 Å². The van der Waals surface area contributed by atoms with Crippen LogP contribution in [0.15, 0.2) is 47.1 Å². The summed E-state index contributed by atoms with van der Waals surface area (Å²) < 4.78 is 27.2. The molecule has 3 rings (SSSR count). The number of allylic oxidation sites excluding steroid dienone is 5. The Balaban J connectivity index is 2.11. The molecule has 0 radical (unpaired) electrons. The maximum Gasteiger partial charge on any atom is 0.332 e. The predicted octanol–water partition coefficient (Wildman–Crippen LogP) is 11.8. The first-order valence-corrected chi connectivity index (χ1v) is 24.5. The molecule has 0 aromatic rings. The second-order valence-electron chi connectivity index (χ2n) is 19.1. The average Bonchev–Trinajstić information content (AvgIpc) is 3.27. The van der Waals surface area contributed by atoms with Crippen molar-refractivity contribution < 1.29 is 23.1 Å². The van der Waals surface area contributed by atoms with Crippen molar-refractivity contribution in [1.82, 2.24) is 0 Å². The van der Waals surface area contributed by atoms with Crippen molar-refractivity contribution in [1.29, 1.82) is 0 Å². The first kappa shape index (κ1) is 41.2. The molecule has 7 heteroatoms. The minimum Gasteiger partial charge on any atom is -0.458 e. The van der Waals surface area contributed by atoms with Crippen molar-refractivity contribution in [2.45, 2.75) is 182 Å². The van der Waals surface area contributed by atoms with Gasteiger partial charge in [-0.25, -0.2) is 4.79 Å². The van der Waals surface area contributed by atoms with Crippen LogP contribution >= 0.6 is 0 Å². The number of hydrogen-bond donors (Lipinski definition) is 0. The fourth-order valence-electron chi connectivity index (χ4n) is 7.03. The van der Waals surface area contributed by atoms with Gasteiger partial charge in [-0.15, -0.1) is 0 Å². The van der Waals surface area contributed by atoms with Crippen molar-refractivity contribution in [2.24, 2.45) is 17.3 Å². The summed E-state index contributed by atoms with van der Waals surface area (Å²) in [6.45, 7) is 40.0. The average molecular weight is 701 g/mol. The van der Waals surface area contributed by atoms with Gasteiger partial charge in [0.2, 0.25) is 0 Å². The summed E-state index contributed by atoms with van der Waals surface area (Å²) >= 11 is 0. The lowest BCUT2D eigenvalue weighted by Crippen LogP contribution is -2.56. The number of esters is 1. The lowest BCUT2D eigenvalue weighted by molar-refractivity contribution is -0.220. The first-order valence-electron chi connectivity index (χ1n) is 18.7. The molecule has 0 saturated heterocycles. The van der Waals surface area contributed by atoms with Gasteiger partial charge in [-0.05, 0) is 111 Å². The quantitative estimate of drug-likeness (QED) is 0.0929. The molecule has 0 aromatic carbocycles. The van der Waals surface area contributed by atoms with Gasteiger partial charge in [0.1, 0.15) is 12.2 Å². The first-order chi connectivity index (χ1) is 21.7. The van der Waals surface area contributed by atoms with Crippen LogP contribution in [0.1, 0.15) is 128 Å². The molecule has 0 spiro atoms. The van der Waals surface area contributed by atoms with Crippen molar-refractivity contribution in [3.63, 3.8) is 0 Å². The summed E-state index contributed by atoms with van der Waals surface area (Å²) in [5.74, 6) is -0.689. The molecule has 1 unspecified atom stereocenters. The summed E-state index contributed by atoms with van der Waals surface area (Å²) in [6, 6.07) is 0. The highest BCUT2D eigenvalue weighted by Gasteiger charge is 2.52. The van der Waals surface area contributed by atoms with E-state index in [0.717, 1.165) is 30.4 Å². The molecular formula is C41H72O5Si2. The second-order valence-corrected chi connectivity index (χ2v) is 28.6. The van der Waals surface area contributed by atoms with Gasteiger partial charge in [0.15, 0.2) is 22.4 Å². The molecule has 274 valence electrons. The SMILES string of the molecule is C=C1C(=CC=C2CCC[C@]3(C)C(CC)=CC[C@@H]23)C[C@](OCC(=O)OC(C)(C)C(C)C)(O[Si](C)(C)C(C)(C)C)CC1O[Si](C)(C)C(C)(C)C. The Hall–Kier alpha value is -1.26. The van der Waals surface area contributed by atoms with E-state index in [0.29, 0.717) is 18.8 Å². The van der Waals surface area contributed by atoms with E-state index in [4.69, 9.17) is 18.3 Å². The van der Waals surface area contributed by atoms with Crippen molar-refractivity contribution in [3.05, 3.63) is 47.1 Å². The molecule has 5 nitrogen and oxygen atoms in total. The number of carbonyl (C=O) groups excluding carboxylic acids is 1. The van der Waals surface area contributed by atoms with Gasteiger partial charge in [0.05, 0.1) is 6.10 Å². The molecule has 2 fully saturated rings. The molecule has 3 aliphatic carbocycles. The smallest absolute Gasteiger partial charge is 0.332 e. The normalized spacial score (nSPS) is 29.4. The number of ether oxygens (including phenoxy) is 2. The predicted molar refractivity (Wildman–Crippen MR) is 207 cm³/mol. The van der Waals surface area contributed by atoms with Gasteiger partial charge >= 0.3 is 5.97 Å². The lowest BCUT2D eigenvalue weighted by atomic mass is 9.64. The summed E-state index contributed by atoms with van der Waals surface area (Å²) in [4.78, 5) is 13.4. The van der Waals surface area contributed by atoms with Crippen LogP contribution in [0.3, 0.4) is 0 Å². The van der Waals surface area contributed by atoms with Crippen molar-refractivity contribution >= 4 is 22.6 Å². The lowest BCUT2D eigenvalue weighted by Gasteiger charge is -2.51. The molecule has 48 heavy (non-hydrogen) atoms. The Morgan fingerprint density at radius 3 is 2.17 bits per heavy atom. The molecule has 3 aliphatic rings. The van der Waals surface area contributed by atoms with Crippen LogP contribution in [0.5, 0.6) is 0 Å². The van der Waals surface area contributed by atoms with Crippen LogP contribution < -0.4 is 0 Å². The van der Waals surface area contributed by atoms with Gasteiger partial charge in [-0.1, -0.05) is 105 Å². The minimum absolute atomic E-state index is 0.0195.